The van der Waals surface area contributed by atoms with E-state index >= 15 is 0 Å². The van der Waals surface area contributed by atoms with Crippen molar-refractivity contribution in [2.45, 2.75) is 12.5 Å². The van der Waals surface area contributed by atoms with Gasteiger partial charge in [-0.3, -0.25) is 9.59 Å². The molecule has 0 radical (unpaired) electrons. The van der Waals surface area contributed by atoms with Crippen LogP contribution in [-0.4, -0.2) is 36.3 Å². The van der Waals surface area contributed by atoms with Crippen LogP contribution >= 0.6 is 0 Å². The fourth-order valence-corrected chi connectivity index (χ4v) is 1.85. The summed E-state index contributed by atoms with van der Waals surface area (Å²) in [4.78, 5) is 24.6. The SMILES string of the molecule is CN1CC(=O)N[C@@H](Cc2ccccc2)C1=O. The highest BCUT2D eigenvalue weighted by atomic mass is 16.2. The van der Waals surface area contributed by atoms with Crippen LogP contribution < -0.4 is 5.32 Å². The number of carbonyl (C=O) groups is 2. The third kappa shape index (κ3) is 2.21. The quantitative estimate of drug-likeness (QED) is 0.770. The maximum atomic E-state index is 11.8. The Morgan fingerprint density at radius 3 is 2.69 bits per heavy atom. The number of hydrogen-bond donors (Lipinski definition) is 1. The lowest BCUT2D eigenvalue weighted by molar-refractivity contribution is -0.142. The average Bonchev–Trinajstić information content (AvgIpc) is 2.27. The van der Waals surface area contributed by atoms with E-state index in [1.165, 1.54) is 4.90 Å². The Bertz CT molecular complexity index is 403. The summed E-state index contributed by atoms with van der Waals surface area (Å²) in [6.07, 6.45) is 0.551. The number of piperazine rings is 1. The number of amides is 2. The maximum absolute atomic E-state index is 11.8. The lowest BCUT2D eigenvalue weighted by Gasteiger charge is -2.29. The van der Waals surface area contributed by atoms with Gasteiger partial charge in [-0.05, 0) is 5.56 Å². The first-order valence-electron chi connectivity index (χ1n) is 5.25. The predicted octanol–water partition coefficient (Wildman–Crippen LogP) is 0.186. The minimum absolute atomic E-state index is 0.0246. The number of likely N-dealkylation sites (N-methyl/N-ethyl adjacent to an activating group) is 1. The van der Waals surface area contributed by atoms with Crippen LogP contribution in [0.5, 0.6) is 0 Å². The van der Waals surface area contributed by atoms with Gasteiger partial charge in [-0.2, -0.15) is 0 Å². The molecule has 0 aliphatic carbocycles. The molecule has 1 aliphatic heterocycles. The Labute approximate surface area is 94.2 Å². The van der Waals surface area contributed by atoms with Crippen molar-refractivity contribution in [2.75, 3.05) is 13.6 Å². The van der Waals surface area contributed by atoms with Crippen molar-refractivity contribution in [3.63, 3.8) is 0 Å². The second-order valence-corrected chi connectivity index (χ2v) is 4.00. The second-order valence-electron chi connectivity index (χ2n) is 4.00. The Hall–Kier alpha value is -1.84. The minimum atomic E-state index is -0.423. The topological polar surface area (TPSA) is 49.4 Å². The van der Waals surface area contributed by atoms with Crippen LogP contribution in [0, 0.1) is 0 Å². The molecule has 0 aromatic heterocycles. The van der Waals surface area contributed by atoms with Gasteiger partial charge < -0.3 is 10.2 Å². The molecule has 84 valence electrons. The van der Waals surface area contributed by atoms with Gasteiger partial charge in [0, 0.05) is 13.5 Å². The molecular weight excluding hydrogens is 204 g/mol. The van der Waals surface area contributed by atoms with E-state index in [0.29, 0.717) is 6.42 Å². The van der Waals surface area contributed by atoms with Gasteiger partial charge in [-0.1, -0.05) is 30.3 Å². The largest absolute Gasteiger partial charge is 0.342 e. The van der Waals surface area contributed by atoms with Gasteiger partial charge in [0.25, 0.3) is 0 Å². The molecule has 16 heavy (non-hydrogen) atoms. The van der Waals surface area contributed by atoms with Crippen LogP contribution in [0.1, 0.15) is 5.56 Å². The highest BCUT2D eigenvalue weighted by Gasteiger charge is 2.30. The van der Waals surface area contributed by atoms with E-state index in [4.69, 9.17) is 0 Å². The van der Waals surface area contributed by atoms with Gasteiger partial charge in [0.1, 0.15) is 6.04 Å². The lowest BCUT2D eigenvalue weighted by atomic mass is 10.0. The summed E-state index contributed by atoms with van der Waals surface area (Å²) in [5.74, 6) is -0.119. The van der Waals surface area contributed by atoms with Crippen LogP contribution in [0.15, 0.2) is 30.3 Å². The molecule has 1 aliphatic rings. The van der Waals surface area contributed by atoms with E-state index in [1.807, 2.05) is 30.3 Å². The molecule has 1 N–H and O–H groups in total. The third-order valence-electron chi connectivity index (χ3n) is 2.67. The number of hydrogen-bond acceptors (Lipinski definition) is 2. The van der Waals surface area contributed by atoms with Crippen molar-refractivity contribution in [1.29, 1.82) is 0 Å². The Morgan fingerprint density at radius 1 is 1.31 bits per heavy atom. The maximum Gasteiger partial charge on any atom is 0.245 e. The van der Waals surface area contributed by atoms with Gasteiger partial charge in [-0.15, -0.1) is 0 Å². The molecule has 2 rings (SSSR count). The molecule has 1 heterocycles. The first-order chi connectivity index (χ1) is 7.66. The molecule has 1 atom stereocenters. The minimum Gasteiger partial charge on any atom is -0.342 e. The monoisotopic (exact) mass is 218 g/mol. The molecular formula is C12H14N2O2. The molecule has 1 aromatic carbocycles. The van der Waals surface area contributed by atoms with Gasteiger partial charge in [0.15, 0.2) is 0 Å². The van der Waals surface area contributed by atoms with Crippen molar-refractivity contribution in [1.82, 2.24) is 10.2 Å². The molecule has 0 saturated carbocycles. The van der Waals surface area contributed by atoms with Crippen molar-refractivity contribution in [2.24, 2.45) is 0 Å². The molecule has 1 fully saturated rings. The van der Waals surface area contributed by atoms with Crippen LogP contribution in [-0.2, 0) is 16.0 Å². The van der Waals surface area contributed by atoms with Crippen molar-refractivity contribution < 1.29 is 9.59 Å². The van der Waals surface area contributed by atoms with Crippen LogP contribution in [0.3, 0.4) is 0 Å². The first-order valence-corrected chi connectivity index (χ1v) is 5.25. The predicted molar refractivity (Wildman–Crippen MR) is 59.7 cm³/mol. The summed E-state index contributed by atoms with van der Waals surface area (Å²) in [5, 5.41) is 2.71. The molecule has 0 spiro atoms. The van der Waals surface area contributed by atoms with Gasteiger partial charge in [-0.25, -0.2) is 0 Å². The Morgan fingerprint density at radius 2 is 2.00 bits per heavy atom. The van der Waals surface area contributed by atoms with E-state index in [-0.39, 0.29) is 18.4 Å². The van der Waals surface area contributed by atoms with Crippen molar-refractivity contribution >= 4 is 11.8 Å². The standard InChI is InChI=1S/C12H14N2O2/c1-14-8-11(15)13-10(12(14)16)7-9-5-3-2-4-6-9/h2-6,10H,7-8H2,1H3,(H,13,15)/t10-/m0/s1. The molecule has 1 aromatic rings. The number of rotatable bonds is 2. The van der Waals surface area contributed by atoms with Crippen LogP contribution in [0.4, 0.5) is 0 Å². The summed E-state index contributed by atoms with van der Waals surface area (Å²) < 4.78 is 0. The molecule has 0 unspecified atom stereocenters. The number of nitrogens with zero attached hydrogens (tertiary/aromatic N) is 1. The summed E-state index contributed by atoms with van der Waals surface area (Å²) in [7, 11) is 1.65. The fraction of sp³-hybridized carbons (Fsp3) is 0.333. The van der Waals surface area contributed by atoms with Gasteiger partial charge in [0.2, 0.25) is 11.8 Å². The molecule has 0 bridgehead atoms. The van der Waals surface area contributed by atoms with Crippen molar-refractivity contribution in [3.8, 4) is 0 Å². The zero-order valence-electron chi connectivity index (χ0n) is 9.14. The zero-order valence-corrected chi connectivity index (χ0v) is 9.14. The zero-order chi connectivity index (χ0) is 11.5. The Balaban J connectivity index is 2.09. The number of carbonyl (C=O) groups excluding carboxylic acids is 2. The molecule has 2 amide bonds. The third-order valence-corrected chi connectivity index (χ3v) is 2.67. The van der Waals surface area contributed by atoms with Gasteiger partial charge in [0.05, 0.1) is 6.54 Å². The highest BCUT2D eigenvalue weighted by molar-refractivity contribution is 5.94. The lowest BCUT2D eigenvalue weighted by Crippen LogP contribution is -2.57. The van der Waals surface area contributed by atoms with Crippen molar-refractivity contribution in [3.05, 3.63) is 35.9 Å². The van der Waals surface area contributed by atoms with E-state index in [1.54, 1.807) is 7.05 Å². The van der Waals surface area contributed by atoms with Crippen LogP contribution in [0.25, 0.3) is 0 Å². The summed E-state index contributed by atoms with van der Waals surface area (Å²) in [6, 6.07) is 9.26. The first kappa shape index (κ1) is 10.7. The van der Waals surface area contributed by atoms with E-state index in [2.05, 4.69) is 5.32 Å². The molecule has 1 saturated heterocycles. The summed E-state index contributed by atoms with van der Waals surface area (Å²) >= 11 is 0. The van der Waals surface area contributed by atoms with E-state index in [0.717, 1.165) is 5.56 Å². The summed E-state index contributed by atoms with van der Waals surface area (Å²) in [5.41, 5.74) is 1.05. The molecule has 4 heteroatoms. The van der Waals surface area contributed by atoms with Gasteiger partial charge >= 0.3 is 0 Å². The number of benzene rings is 1. The fourth-order valence-electron chi connectivity index (χ4n) is 1.85. The second kappa shape index (κ2) is 4.35. The summed E-state index contributed by atoms with van der Waals surface area (Å²) in [6.45, 7) is 0.157. The molecule has 4 nitrogen and oxygen atoms in total. The number of nitrogens with one attached hydrogen (secondary N) is 1. The highest BCUT2D eigenvalue weighted by Crippen LogP contribution is 2.08. The Kier molecular flexibility index (Phi) is 2.90. The van der Waals surface area contributed by atoms with E-state index in [9.17, 15) is 9.59 Å². The normalized spacial score (nSPS) is 20.8. The van der Waals surface area contributed by atoms with Crippen LogP contribution in [0.2, 0.25) is 0 Å². The average molecular weight is 218 g/mol. The van der Waals surface area contributed by atoms with E-state index < -0.39 is 6.04 Å². The smallest absolute Gasteiger partial charge is 0.245 e.